The minimum atomic E-state index is -0.444. The fourth-order valence-corrected chi connectivity index (χ4v) is 3.43. The number of carbonyl (C=O) groups is 1. The summed E-state index contributed by atoms with van der Waals surface area (Å²) in [5.41, 5.74) is 0.100. The van der Waals surface area contributed by atoms with E-state index >= 15 is 0 Å². The SMILES string of the molecule is CC1CCC(C(=O)c2cccc(Cl)c2Cl)(N(C)C)CC1. The Morgan fingerprint density at radius 2 is 1.85 bits per heavy atom. The van der Waals surface area contributed by atoms with Crippen molar-refractivity contribution >= 4 is 29.0 Å². The van der Waals surface area contributed by atoms with Crippen molar-refractivity contribution in [2.45, 2.75) is 38.1 Å². The molecule has 0 bridgehead atoms. The Balaban J connectivity index is 2.40. The van der Waals surface area contributed by atoms with Crippen molar-refractivity contribution in [3.8, 4) is 0 Å². The van der Waals surface area contributed by atoms with Crippen LogP contribution in [0.15, 0.2) is 18.2 Å². The monoisotopic (exact) mass is 313 g/mol. The Morgan fingerprint density at radius 3 is 2.40 bits per heavy atom. The molecule has 0 aliphatic heterocycles. The van der Waals surface area contributed by atoms with Crippen LogP contribution in [-0.4, -0.2) is 30.3 Å². The standard InChI is InChI=1S/C16H21Cl2NO/c1-11-7-9-16(10-8-11,19(2)3)15(20)12-5-4-6-13(17)14(12)18/h4-6,11H,7-10H2,1-3H3. The lowest BCUT2D eigenvalue weighted by Gasteiger charge is -2.43. The summed E-state index contributed by atoms with van der Waals surface area (Å²) in [5.74, 6) is 0.785. The molecule has 20 heavy (non-hydrogen) atoms. The minimum absolute atomic E-state index is 0.0990. The van der Waals surface area contributed by atoms with E-state index in [1.165, 1.54) is 0 Å². The lowest BCUT2D eigenvalue weighted by molar-refractivity contribution is 0.0513. The average Bonchev–Trinajstić information content (AvgIpc) is 2.42. The van der Waals surface area contributed by atoms with E-state index < -0.39 is 5.54 Å². The fourth-order valence-electron chi connectivity index (χ4n) is 3.05. The van der Waals surface area contributed by atoms with Gasteiger partial charge in [-0.3, -0.25) is 9.69 Å². The van der Waals surface area contributed by atoms with Gasteiger partial charge in [-0.1, -0.05) is 36.2 Å². The highest BCUT2D eigenvalue weighted by Gasteiger charge is 2.43. The van der Waals surface area contributed by atoms with Crippen LogP contribution in [0.25, 0.3) is 0 Å². The maximum atomic E-state index is 13.1. The number of nitrogens with zero attached hydrogens (tertiary/aromatic N) is 1. The van der Waals surface area contributed by atoms with Gasteiger partial charge in [0.15, 0.2) is 5.78 Å². The largest absolute Gasteiger partial charge is 0.297 e. The lowest BCUT2D eigenvalue weighted by Crippen LogP contribution is -2.53. The van der Waals surface area contributed by atoms with Crippen LogP contribution in [0.1, 0.15) is 43.0 Å². The van der Waals surface area contributed by atoms with Crippen LogP contribution in [0.4, 0.5) is 0 Å². The van der Waals surface area contributed by atoms with E-state index in [0.717, 1.165) is 25.7 Å². The second-order valence-corrected chi connectivity index (χ2v) is 6.82. The number of carbonyl (C=O) groups excluding carboxylic acids is 1. The van der Waals surface area contributed by atoms with Crippen molar-refractivity contribution in [2.24, 2.45) is 5.92 Å². The maximum Gasteiger partial charge on any atom is 0.184 e. The number of benzene rings is 1. The molecule has 0 aromatic heterocycles. The highest BCUT2D eigenvalue weighted by atomic mass is 35.5. The molecule has 1 aromatic carbocycles. The van der Waals surface area contributed by atoms with E-state index in [2.05, 4.69) is 11.8 Å². The van der Waals surface area contributed by atoms with Gasteiger partial charge in [-0.25, -0.2) is 0 Å². The molecule has 0 amide bonds. The van der Waals surface area contributed by atoms with Crippen LogP contribution in [-0.2, 0) is 0 Å². The van der Waals surface area contributed by atoms with Gasteiger partial charge in [0.1, 0.15) is 0 Å². The Labute approximate surface area is 131 Å². The molecule has 0 heterocycles. The molecule has 2 nitrogen and oxygen atoms in total. The van der Waals surface area contributed by atoms with Gasteiger partial charge in [-0.05, 0) is 57.8 Å². The van der Waals surface area contributed by atoms with E-state index in [-0.39, 0.29) is 5.78 Å². The van der Waals surface area contributed by atoms with E-state index in [0.29, 0.717) is 21.5 Å². The average molecular weight is 314 g/mol. The van der Waals surface area contributed by atoms with Crippen molar-refractivity contribution in [3.05, 3.63) is 33.8 Å². The molecule has 0 saturated heterocycles. The van der Waals surface area contributed by atoms with Crippen LogP contribution in [0, 0.1) is 5.92 Å². The second-order valence-electron chi connectivity index (χ2n) is 6.04. The first-order valence-corrected chi connectivity index (χ1v) is 7.80. The summed E-state index contributed by atoms with van der Waals surface area (Å²) in [4.78, 5) is 15.1. The molecule has 0 atom stereocenters. The summed E-state index contributed by atoms with van der Waals surface area (Å²) in [6.07, 6.45) is 3.90. The third-order valence-electron chi connectivity index (χ3n) is 4.58. The molecule has 4 heteroatoms. The molecule has 1 aliphatic carbocycles. The molecular formula is C16H21Cl2NO. The molecule has 1 aromatic rings. The van der Waals surface area contributed by atoms with Gasteiger partial charge in [-0.15, -0.1) is 0 Å². The number of hydrogen-bond acceptors (Lipinski definition) is 2. The van der Waals surface area contributed by atoms with Gasteiger partial charge in [0.2, 0.25) is 0 Å². The Hall–Kier alpha value is -0.570. The smallest absolute Gasteiger partial charge is 0.184 e. The molecule has 2 rings (SSSR count). The molecule has 110 valence electrons. The molecular weight excluding hydrogens is 293 g/mol. The summed E-state index contributed by atoms with van der Waals surface area (Å²) in [6.45, 7) is 2.25. The first-order valence-electron chi connectivity index (χ1n) is 7.05. The van der Waals surface area contributed by atoms with E-state index in [4.69, 9.17) is 23.2 Å². The van der Waals surface area contributed by atoms with Crippen molar-refractivity contribution in [2.75, 3.05) is 14.1 Å². The van der Waals surface area contributed by atoms with Crippen molar-refractivity contribution in [1.29, 1.82) is 0 Å². The molecule has 0 radical (unpaired) electrons. The van der Waals surface area contributed by atoms with Crippen LogP contribution >= 0.6 is 23.2 Å². The van der Waals surface area contributed by atoms with Gasteiger partial charge in [0.25, 0.3) is 0 Å². The number of ketones is 1. The molecule has 1 fully saturated rings. The Morgan fingerprint density at radius 1 is 1.25 bits per heavy atom. The normalized spacial score (nSPS) is 26.8. The van der Waals surface area contributed by atoms with Gasteiger partial charge in [0, 0.05) is 5.56 Å². The zero-order valence-corrected chi connectivity index (χ0v) is 13.8. The van der Waals surface area contributed by atoms with Crippen LogP contribution in [0.3, 0.4) is 0 Å². The van der Waals surface area contributed by atoms with E-state index in [1.807, 2.05) is 14.1 Å². The topological polar surface area (TPSA) is 20.3 Å². The summed E-state index contributed by atoms with van der Waals surface area (Å²) >= 11 is 12.3. The Bertz CT molecular complexity index is 505. The molecule has 0 spiro atoms. The first-order chi connectivity index (χ1) is 9.38. The first kappa shape index (κ1) is 15.8. The Kier molecular flexibility index (Phi) is 4.78. The third-order valence-corrected chi connectivity index (χ3v) is 5.40. The van der Waals surface area contributed by atoms with Crippen LogP contribution < -0.4 is 0 Å². The lowest BCUT2D eigenvalue weighted by atomic mass is 9.72. The summed E-state index contributed by atoms with van der Waals surface area (Å²) in [6, 6.07) is 5.28. The molecule has 1 saturated carbocycles. The summed E-state index contributed by atoms with van der Waals surface area (Å²) in [5, 5.41) is 0.814. The van der Waals surface area contributed by atoms with E-state index in [9.17, 15) is 4.79 Å². The molecule has 0 N–H and O–H groups in total. The highest BCUT2D eigenvalue weighted by Crippen LogP contribution is 2.39. The minimum Gasteiger partial charge on any atom is -0.297 e. The quantitative estimate of drug-likeness (QED) is 0.755. The van der Waals surface area contributed by atoms with Crippen molar-refractivity contribution in [3.63, 3.8) is 0 Å². The van der Waals surface area contributed by atoms with Gasteiger partial charge in [0.05, 0.1) is 15.6 Å². The number of Topliss-reactive ketones (excluding diaryl/α,β-unsaturated/α-hetero) is 1. The fraction of sp³-hybridized carbons (Fsp3) is 0.562. The predicted octanol–water partition coefficient (Wildman–Crippen LogP) is 4.69. The van der Waals surface area contributed by atoms with Gasteiger partial charge >= 0.3 is 0 Å². The van der Waals surface area contributed by atoms with Crippen molar-refractivity contribution < 1.29 is 4.79 Å². The van der Waals surface area contributed by atoms with E-state index in [1.54, 1.807) is 18.2 Å². The van der Waals surface area contributed by atoms with Gasteiger partial charge in [-0.2, -0.15) is 0 Å². The van der Waals surface area contributed by atoms with Crippen molar-refractivity contribution in [1.82, 2.24) is 4.90 Å². The molecule has 1 aliphatic rings. The zero-order valence-electron chi connectivity index (χ0n) is 12.2. The number of halogens is 2. The second kappa shape index (κ2) is 6.05. The van der Waals surface area contributed by atoms with Crippen LogP contribution in [0.5, 0.6) is 0 Å². The number of rotatable bonds is 3. The predicted molar refractivity (Wildman–Crippen MR) is 84.8 cm³/mol. The number of hydrogen-bond donors (Lipinski definition) is 0. The number of likely N-dealkylation sites (N-methyl/N-ethyl adjacent to an activating group) is 1. The highest BCUT2D eigenvalue weighted by molar-refractivity contribution is 6.44. The van der Waals surface area contributed by atoms with Crippen LogP contribution in [0.2, 0.25) is 10.0 Å². The zero-order chi connectivity index (χ0) is 14.9. The van der Waals surface area contributed by atoms with Gasteiger partial charge < -0.3 is 0 Å². The third kappa shape index (κ3) is 2.74. The molecule has 0 unspecified atom stereocenters. The maximum absolute atomic E-state index is 13.1. The summed E-state index contributed by atoms with van der Waals surface area (Å²) in [7, 11) is 3.96. The summed E-state index contributed by atoms with van der Waals surface area (Å²) < 4.78 is 0.